The molecule has 2 aliphatic rings. The summed E-state index contributed by atoms with van der Waals surface area (Å²) in [4.78, 5) is 44.0. The lowest BCUT2D eigenvalue weighted by molar-refractivity contribution is -0.136. The number of nitrogens with zero attached hydrogens (tertiary/aromatic N) is 5. The van der Waals surface area contributed by atoms with E-state index in [0.717, 1.165) is 48.5 Å². The number of carbonyl (C=O) groups excluding carboxylic acids is 1. The summed E-state index contributed by atoms with van der Waals surface area (Å²) in [5.74, 6) is 1.45. The Balaban J connectivity index is 1.40. The van der Waals surface area contributed by atoms with Gasteiger partial charge in [0.15, 0.2) is 0 Å². The molecule has 3 heterocycles. The molecule has 1 amide bonds. The van der Waals surface area contributed by atoms with Crippen molar-refractivity contribution >= 4 is 17.4 Å². The minimum Gasteiger partial charge on any atom is -0.497 e. The number of amides is 1. The third-order valence-corrected chi connectivity index (χ3v) is 6.62. The zero-order valence-electron chi connectivity index (χ0n) is 19.0. The van der Waals surface area contributed by atoms with E-state index in [1.807, 2.05) is 34.1 Å². The van der Waals surface area contributed by atoms with Crippen LogP contribution in [0.1, 0.15) is 12.8 Å². The lowest BCUT2D eigenvalue weighted by Gasteiger charge is -2.40. The van der Waals surface area contributed by atoms with Gasteiger partial charge >= 0.3 is 5.69 Å². The van der Waals surface area contributed by atoms with Crippen LogP contribution in [0.2, 0.25) is 0 Å². The maximum atomic E-state index is 13.3. The molecule has 0 saturated carbocycles. The second-order valence-electron chi connectivity index (χ2n) is 8.54. The number of ether oxygens (including phenoxy) is 1. The first kappa shape index (κ1) is 22.0. The van der Waals surface area contributed by atoms with E-state index in [-0.39, 0.29) is 23.1 Å². The van der Waals surface area contributed by atoms with Crippen molar-refractivity contribution in [3.05, 3.63) is 51.2 Å². The molecule has 2 aliphatic heterocycles. The SMILES string of the molecule is COc1ccc(N2CCN(C(=O)[C@@H]3CCCN(c4cc(=O)n(C)c(=O)n4C)C3)CC2)cc1. The zero-order chi connectivity index (χ0) is 22.8. The first-order valence-electron chi connectivity index (χ1n) is 11.1. The van der Waals surface area contributed by atoms with Gasteiger partial charge < -0.3 is 19.4 Å². The Hall–Kier alpha value is -3.23. The Labute approximate surface area is 187 Å². The van der Waals surface area contributed by atoms with Crippen molar-refractivity contribution in [1.29, 1.82) is 0 Å². The predicted octanol–water partition coefficient (Wildman–Crippen LogP) is 0.658. The Kier molecular flexibility index (Phi) is 6.25. The molecule has 32 heavy (non-hydrogen) atoms. The van der Waals surface area contributed by atoms with Crippen LogP contribution >= 0.6 is 0 Å². The number of benzene rings is 1. The van der Waals surface area contributed by atoms with Crippen molar-refractivity contribution in [2.75, 3.05) is 56.2 Å². The van der Waals surface area contributed by atoms with Gasteiger partial charge in [-0.2, -0.15) is 0 Å². The second-order valence-corrected chi connectivity index (χ2v) is 8.54. The van der Waals surface area contributed by atoms with Crippen molar-refractivity contribution in [2.45, 2.75) is 12.8 Å². The van der Waals surface area contributed by atoms with Gasteiger partial charge in [-0.15, -0.1) is 0 Å². The summed E-state index contributed by atoms with van der Waals surface area (Å²) in [5, 5.41) is 0. The van der Waals surface area contributed by atoms with Crippen LogP contribution in [0.25, 0.3) is 0 Å². The van der Waals surface area contributed by atoms with Crippen LogP contribution in [0.15, 0.2) is 39.9 Å². The highest BCUT2D eigenvalue weighted by molar-refractivity contribution is 5.80. The highest BCUT2D eigenvalue weighted by Gasteiger charge is 2.32. The normalized spacial score (nSPS) is 19.2. The van der Waals surface area contributed by atoms with Gasteiger partial charge in [-0.05, 0) is 37.1 Å². The molecule has 9 nitrogen and oxygen atoms in total. The van der Waals surface area contributed by atoms with Crippen LogP contribution in [-0.4, -0.2) is 66.3 Å². The second kappa shape index (κ2) is 9.10. The van der Waals surface area contributed by atoms with E-state index in [4.69, 9.17) is 4.74 Å². The summed E-state index contributed by atoms with van der Waals surface area (Å²) in [6.45, 7) is 4.21. The monoisotopic (exact) mass is 441 g/mol. The molecule has 1 aromatic carbocycles. The molecule has 1 atom stereocenters. The molecular formula is C23H31N5O4. The summed E-state index contributed by atoms with van der Waals surface area (Å²) < 4.78 is 7.81. The van der Waals surface area contributed by atoms with Gasteiger partial charge in [0.1, 0.15) is 11.6 Å². The summed E-state index contributed by atoms with van der Waals surface area (Å²) >= 11 is 0. The van der Waals surface area contributed by atoms with Gasteiger partial charge in [0.25, 0.3) is 5.56 Å². The number of methoxy groups -OCH3 is 1. The van der Waals surface area contributed by atoms with Gasteiger partial charge in [-0.1, -0.05) is 0 Å². The first-order valence-corrected chi connectivity index (χ1v) is 11.1. The topological polar surface area (TPSA) is 80.0 Å². The third-order valence-electron chi connectivity index (χ3n) is 6.62. The lowest BCUT2D eigenvalue weighted by atomic mass is 9.96. The largest absolute Gasteiger partial charge is 0.497 e. The van der Waals surface area contributed by atoms with E-state index < -0.39 is 0 Å². The van der Waals surface area contributed by atoms with Crippen molar-refractivity contribution in [3.8, 4) is 5.75 Å². The number of aromatic nitrogens is 2. The van der Waals surface area contributed by atoms with E-state index in [9.17, 15) is 14.4 Å². The number of piperidine rings is 1. The molecule has 0 aliphatic carbocycles. The fraction of sp³-hybridized carbons (Fsp3) is 0.522. The molecular weight excluding hydrogens is 410 g/mol. The molecule has 0 unspecified atom stereocenters. The van der Waals surface area contributed by atoms with E-state index in [1.165, 1.54) is 17.7 Å². The van der Waals surface area contributed by atoms with Crippen LogP contribution in [0.5, 0.6) is 5.75 Å². The van der Waals surface area contributed by atoms with Crippen molar-refractivity contribution in [3.63, 3.8) is 0 Å². The number of carbonyl (C=O) groups is 1. The molecule has 172 valence electrons. The highest BCUT2D eigenvalue weighted by Crippen LogP contribution is 2.25. The number of hydrogen-bond donors (Lipinski definition) is 0. The third kappa shape index (κ3) is 4.24. The Morgan fingerprint density at radius 1 is 0.938 bits per heavy atom. The lowest BCUT2D eigenvalue weighted by Crippen LogP contribution is -2.53. The van der Waals surface area contributed by atoms with Gasteiger partial charge in [0.2, 0.25) is 5.91 Å². The van der Waals surface area contributed by atoms with Crippen molar-refractivity contribution in [1.82, 2.24) is 14.0 Å². The summed E-state index contributed by atoms with van der Waals surface area (Å²) in [6, 6.07) is 9.48. The van der Waals surface area contributed by atoms with Crippen LogP contribution in [-0.2, 0) is 18.9 Å². The van der Waals surface area contributed by atoms with Gasteiger partial charge in [-0.25, -0.2) is 4.79 Å². The highest BCUT2D eigenvalue weighted by atomic mass is 16.5. The summed E-state index contributed by atoms with van der Waals surface area (Å²) in [7, 11) is 4.80. The molecule has 1 aromatic heterocycles. The first-order chi connectivity index (χ1) is 15.4. The van der Waals surface area contributed by atoms with Crippen molar-refractivity contribution < 1.29 is 9.53 Å². The smallest absolute Gasteiger partial charge is 0.332 e. The summed E-state index contributed by atoms with van der Waals surface area (Å²) in [6.07, 6.45) is 1.68. The molecule has 2 saturated heterocycles. The van der Waals surface area contributed by atoms with E-state index >= 15 is 0 Å². The zero-order valence-corrected chi connectivity index (χ0v) is 19.0. The van der Waals surface area contributed by atoms with E-state index in [1.54, 1.807) is 14.2 Å². The van der Waals surface area contributed by atoms with E-state index in [0.29, 0.717) is 25.5 Å². The molecule has 2 aromatic rings. The van der Waals surface area contributed by atoms with Crippen LogP contribution in [0.3, 0.4) is 0 Å². The molecule has 0 spiro atoms. The molecule has 0 radical (unpaired) electrons. The van der Waals surface area contributed by atoms with E-state index in [2.05, 4.69) is 4.90 Å². The minimum absolute atomic E-state index is 0.129. The number of anilines is 2. The van der Waals surface area contributed by atoms with Gasteiger partial charge in [0.05, 0.1) is 13.0 Å². The van der Waals surface area contributed by atoms with Crippen molar-refractivity contribution in [2.24, 2.45) is 20.0 Å². The average molecular weight is 442 g/mol. The number of rotatable bonds is 4. The van der Waals surface area contributed by atoms with Gasteiger partial charge in [-0.3, -0.25) is 18.7 Å². The maximum Gasteiger partial charge on any atom is 0.332 e. The van der Waals surface area contributed by atoms with Gasteiger partial charge in [0, 0.05) is 65.1 Å². The minimum atomic E-state index is -0.351. The van der Waals surface area contributed by atoms with Crippen LogP contribution in [0.4, 0.5) is 11.5 Å². The number of hydrogen-bond acceptors (Lipinski definition) is 6. The standard InChI is InChI=1S/C23H31N5O4/c1-24-20(15-21(29)25(2)23(24)31)28-10-4-5-17(16-28)22(30)27-13-11-26(12-14-27)18-6-8-19(32-3)9-7-18/h6-9,15,17H,4-5,10-14,16H2,1-3H3/t17-/m1/s1. The predicted molar refractivity (Wildman–Crippen MR) is 124 cm³/mol. The quantitative estimate of drug-likeness (QED) is 0.694. The fourth-order valence-corrected chi connectivity index (χ4v) is 4.65. The summed E-state index contributed by atoms with van der Waals surface area (Å²) in [5.41, 5.74) is 0.454. The molecule has 0 bridgehead atoms. The Morgan fingerprint density at radius 3 is 2.28 bits per heavy atom. The molecule has 2 fully saturated rings. The van der Waals surface area contributed by atoms with Crippen LogP contribution < -0.4 is 25.8 Å². The Bertz CT molecular complexity index is 1080. The maximum absolute atomic E-state index is 13.3. The Morgan fingerprint density at radius 2 is 1.62 bits per heavy atom. The molecule has 4 rings (SSSR count). The average Bonchev–Trinajstić information content (AvgIpc) is 2.84. The fourth-order valence-electron chi connectivity index (χ4n) is 4.65. The molecule has 9 heteroatoms. The molecule has 0 N–H and O–H groups in total. The number of piperazine rings is 1. The van der Waals surface area contributed by atoms with Crippen LogP contribution in [0, 0.1) is 5.92 Å².